The van der Waals surface area contributed by atoms with Gasteiger partial charge in [-0.05, 0) is 70.0 Å². The Labute approximate surface area is 210 Å². The van der Waals surface area contributed by atoms with E-state index in [0.29, 0.717) is 41.6 Å². The molecule has 3 heterocycles. The van der Waals surface area contributed by atoms with Crippen molar-refractivity contribution in [3.63, 3.8) is 0 Å². The lowest BCUT2D eigenvalue weighted by Crippen LogP contribution is -2.31. The molecule has 2 aromatic rings. The van der Waals surface area contributed by atoms with Crippen molar-refractivity contribution in [1.29, 1.82) is 0 Å². The minimum absolute atomic E-state index is 0.0547. The molecule has 2 aromatic heterocycles. The molecule has 0 saturated carbocycles. The number of carbonyl (C=O) groups is 2. The van der Waals surface area contributed by atoms with Gasteiger partial charge in [-0.1, -0.05) is 16.2 Å². The topological polar surface area (TPSA) is 95.3 Å². The molecule has 1 aliphatic heterocycles. The maximum absolute atomic E-state index is 14.2. The van der Waals surface area contributed by atoms with Gasteiger partial charge in [-0.15, -0.1) is 11.3 Å². The fraction of sp³-hybridized carbons (Fsp3) is 0.583. The SMILES string of the molecule is CC1CCc2sc(NC(=O)NCc3c(C(F)(F)P)[nH]c4c3CCNC4)c(C(=O)OC(C)(C)C)c2C1. The highest BCUT2D eigenvalue weighted by Gasteiger charge is 2.34. The summed E-state index contributed by atoms with van der Waals surface area (Å²) in [6, 6.07) is -0.552. The van der Waals surface area contributed by atoms with Crippen LogP contribution >= 0.6 is 20.6 Å². The number of anilines is 1. The molecule has 2 atom stereocenters. The van der Waals surface area contributed by atoms with Gasteiger partial charge in [0.15, 0.2) is 0 Å². The van der Waals surface area contributed by atoms with Gasteiger partial charge in [0, 0.05) is 29.2 Å². The molecule has 2 aliphatic rings. The number of esters is 1. The molecule has 4 N–H and O–H groups in total. The number of fused-ring (bicyclic) bond motifs is 2. The highest BCUT2D eigenvalue weighted by molar-refractivity contribution is 7.17. The second kappa shape index (κ2) is 9.79. The third kappa shape index (κ3) is 5.87. The molecule has 0 aromatic carbocycles. The Morgan fingerprint density at radius 2 is 1.97 bits per heavy atom. The molecule has 0 fully saturated rings. The van der Waals surface area contributed by atoms with Crippen LogP contribution in [0.3, 0.4) is 0 Å². The number of aromatic nitrogens is 1. The van der Waals surface area contributed by atoms with Crippen LogP contribution in [0, 0.1) is 5.92 Å². The summed E-state index contributed by atoms with van der Waals surface area (Å²) >= 11 is 1.39. The predicted molar refractivity (Wildman–Crippen MR) is 136 cm³/mol. The molecule has 4 rings (SSSR count). The Morgan fingerprint density at radius 3 is 2.66 bits per heavy atom. The molecular formula is C24H33F2N4O3PS. The molecule has 35 heavy (non-hydrogen) atoms. The van der Waals surface area contributed by atoms with Crippen LogP contribution in [0.15, 0.2) is 0 Å². The quantitative estimate of drug-likeness (QED) is 0.324. The average Bonchev–Trinajstić information content (AvgIpc) is 3.28. The molecular weight excluding hydrogens is 493 g/mol. The van der Waals surface area contributed by atoms with E-state index in [1.54, 1.807) is 30.0 Å². The van der Waals surface area contributed by atoms with Gasteiger partial charge in [0.2, 0.25) is 0 Å². The number of ether oxygens (including phenoxy) is 1. The molecule has 2 unspecified atom stereocenters. The smallest absolute Gasteiger partial charge is 0.341 e. The minimum atomic E-state index is -3.14. The molecule has 0 radical (unpaired) electrons. The first-order valence-electron chi connectivity index (χ1n) is 11.9. The maximum atomic E-state index is 14.2. The number of alkyl halides is 2. The van der Waals surface area contributed by atoms with E-state index in [0.717, 1.165) is 41.0 Å². The van der Waals surface area contributed by atoms with Gasteiger partial charge in [0.05, 0.1) is 11.3 Å². The number of aromatic amines is 1. The lowest BCUT2D eigenvalue weighted by Gasteiger charge is -2.22. The van der Waals surface area contributed by atoms with Crippen molar-refractivity contribution in [2.45, 2.75) is 77.7 Å². The number of amides is 2. The van der Waals surface area contributed by atoms with Gasteiger partial charge in [0.1, 0.15) is 10.6 Å². The fourth-order valence-electron chi connectivity index (χ4n) is 4.70. The summed E-state index contributed by atoms with van der Waals surface area (Å²) in [5.74, 6) is -0.0298. The number of carbonyl (C=O) groups excluding carboxylic acids is 2. The Bertz CT molecular complexity index is 1130. The van der Waals surface area contributed by atoms with E-state index in [-0.39, 0.29) is 12.2 Å². The fourth-order valence-corrected chi connectivity index (χ4v) is 6.17. The van der Waals surface area contributed by atoms with Crippen molar-refractivity contribution in [2.75, 3.05) is 11.9 Å². The van der Waals surface area contributed by atoms with Gasteiger partial charge in [0.25, 0.3) is 5.66 Å². The number of hydrogen-bond donors (Lipinski definition) is 4. The second-order valence-electron chi connectivity index (χ2n) is 10.4. The number of H-pyrrole nitrogens is 1. The minimum Gasteiger partial charge on any atom is -0.456 e. The highest BCUT2D eigenvalue weighted by Crippen LogP contribution is 2.41. The van der Waals surface area contributed by atoms with Crippen LogP contribution in [0.1, 0.15) is 77.4 Å². The van der Waals surface area contributed by atoms with E-state index in [1.165, 1.54) is 11.3 Å². The summed E-state index contributed by atoms with van der Waals surface area (Å²) in [5.41, 5.74) is -0.727. The zero-order valence-corrected chi connectivity index (χ0v) is 22.5. The maximum Gasteiger partial charge on any atom is 0.341 e. The van der Waals surface area contributed by atoms with Gasteiger partial charge < -0.3 is 20.4 Å². The zero-order valence-electron chi connectivity index (χ0n) is 20.5. The second-order valence-corrected chi connectivity index (χ2v) is 12.2. The normalized spacial score (nSPS) is 18.0. The summed E-state index contributed by atoms with van der Waals surface area (Å²) in [6.45, 7) is 8.67. The third-order valence-electron chi connectivity index (χ3n) is 6.26. The van der Waals surface area contributed by atoms with E-state index >= 15 is 0 Å². The van der Waals surface area contributed by atoms with Crippen molar-refractivity contribution >= 4 is 37.6 Å². The van der Waals surface area contributed by atoms with Crippen molar-refractivity contribution in [1.82, 2.24) is 15.6 Å². The summed E-state index contributed by atoms with van der Waals surface area (Å²) in [6.07, 6.45) is 3.21. The summed E-state index contributed by atoms with van der Waals surface area (Å²) in [4.78, 5) is 29.9. The van der Waals surface area contributed by atoms with Crippen molar-refractivity contribution < 1.29 is 23.1 Å². The average molecular weight is 527 g/mol. The van der Waals surface area contributed by atoms with E-state index in [4.69, 9.17) is 4.74 Å². The van der Waals surface area contributed by atoms with Crippen molar-refractivity contribution in [3.05, 3.63) is 38.5 Å². The van der Waals surface area contributed by atoms with E-state index in [9.17, 15) is 18.4 Å². The third-order valence-corrected chi connectivity index (χ3v) is 7.75. The summed E-state index contributed by atoms with van der Waals surface area (Å²) in [7, 11) is 1.56. The Hall–Kier alpha value is -2.03. The summed E-state index contributed by atoms with van der Waals surface area (Å²) < 4.78 is 34.1. The van der Waals surface area contributed by atoms with Crippen LogP contribution in [0.5, 0.6) is 0 Å². The first kappa shape index (κ1) is 26.0. The largest absolute Gasteiger partial charge is 0.456 e. The van der Waals surface area contributed by atoms with E-state index in [2.05, 4.69) is 27.9 Å². The number of urea groups is 1. The Morgan fingerprint density at radius 1 is 1.23 bits per heavy atom. The lowest BCUT2D eigenvalue weighted by atomic mass is 9.88. The lowest BCUT2D eigenvalue weighted by molar-refractivity contribution is 0.00696. The molecule has 7 nitrogen and oxygen atoms in total. The van der Waals surface area contributed by atoms with E-state index in [1.807, 2.05) is 0 Å². The number of thiophene rings is 1. The molecule has 11 heteroatoms. The molecule has 0 bridgehead atoms. The monoisotopic (exact) mass is 526 g/mol. The first-order valence-corrected chi connectivity index (χ1v) is 13.3. The highest BCUT2D eigenvalue weighted by atomic mass is 32.1. The first-order chi connectivity index (χ1) is 16.3. The predicted octanol–water partition coefficient (Wildman–Crippen LogP) is 5.05. The molecule has 0 spiro atoms. The van der Waals surface area contributed by atoms with Crippen molar-refractivity contribution in [3.8, 4) is 0 Å². The van der Waals surface area contributed by atoms with Gasteiger partial charge in [-0.25, -0.2) is 9.59 Å². The van der Waals surface area contributed by atoms with Crippen LogP contribution in [0.4, 0.5) is 18.6 Å². The van der Waals surface area contributed by atoms with Crippen LogP contribution < -0.4 is 16.0 Å². The van der Waals surface area contributed by atoms with Gasteiger partial charge in [-0.2, -0.15) is 8.78 Å². The van der Waals surface area contributed by atoms with Crippen LogP contribution in [-0.2, 0) is 42.8 Å². The van der Waals surface area contributed by atoms with Crippen LogP contribution in [-0.4, -0.2) is 29.1 Å². The number of rotatable bonds is 5. The molecule has 2 amide bonds. The van der Waals surface area contributed by atoms with Crippen LogP contribution in [0.25, 0.3) is 0 Å². The molecule has 0 saturated heterocycles. The van der Waals surface area contributed by atoms with Gasteiger partial charge >= 0.3 is 12.0 Å². The Kier molecular flexibility index (Phi) is 7.28. The zero-order chi connectivity index (χ0) is 25.5. The van der Waals surface area contributed by atoms with Crippen molar-refractivity contribution in [2.24, 2.45) is 5.92 Å². The number of aryl methyl sites for hydroxylation is 1. The number of hydrogen-bond acceptors (Lipinski definition) is 5. The number of nitrogens with one attached hydrogen (secondary N) is 4. The molecule has 1 aliphatic carbocycles. The van der Waals surface area contributed by atoms with Crippen LogP contribution in [0.2, 0.25) is 0 Å². The van der Waals surface area contributed by atoms with E-state index < -0.39 is 23.3 Å². The van der Waals surface area contributed by atoms with Gasteiger partial charge in [-0.3, -0.25) is 5.32 Å². The standard InChI is InChI=1S/C24H33F2N4O3PS/c1-12-5-6-17-14(9-12)18(21(31)33-23(2,3)4)20(35-17)30-22(32)28-10-15-13-7-8-27-11-16(13)29-19(15)24(25,26)34/h12,27,29H,5-11,34H2,1-4H3,(H2,28,30,32). The Balaban J connectivity index is 1.55. The molecule has 192 valence electrons. The number of halogens is 2. The summed E-state index contributed by atoms with van der Waals surface area (Å²) in [5, 5.41) is 9.13.